The van der Waals surface area contributed by atoms with Crippen molar-refractivity contribution in [3.63, 3.8) is 0 Å². The zero-order valence-electron chi connectivity index (χ0n) is 13.6. The second-order valence-electron chi connectivity index (χ2n) is 5.88. The maximum absolute atomic E-state index is 12.6. The first kappa shape index (κ1) is 17.4. The van der Waals surface area contributed by atoms with E-state index in [1.807, 2.05) is 6.92 Å². The van der Waals surface area contributed by atoms with Crippen molar-refractivity contribution in [2.45, 2.75) is 26.2 Å². The van der Waals surface area contributed by atoms with Gasteiger partial charge in [-0.25, -0.2) is 0 Å². The average Bonchev–Trinajstić information content (AvgIpc) is 2.60. The van der Waals surface area contributed by atoms with Crippen LogP contribution in [0, 0.1) is 5.41 Å². The molecule has 2 rings (SSSR count). The van der Waals surface area contributed by atoms with Gasteiger partial charge in [-0.2, -0.15) is 0 Å². The summed E-state index contributed by atoms with van der Waals surface area (Å²) >= 11 is 0. The Morgan fingerprint density at radius 3 is 2.43 bits per heavy atom. The molecule has 0 bridgehead atoms. The predicted molar refractivity (Wildman–Crippen MR) is 89.2 cm³/mol. The molecule has 0 spiro atoms. The Hall–Kier alpha value is -1.92. The summed E-state index contributed by atoms with van der Waals surface area (Å²) < 4.78 is 5.32. The Morgan fingerprint density at radius 2 is 1.87 bits per heavy atom. The maximum atomic E-state index is 12.6. The third kappa shape index (κ3) is 4.30. The smallest absolute Gasteiger partial charge is 0.251 e. The Balaban J connectivity index is 1.99. The highest BCUT2D eigenvalue weighted by Crippen LogP contribution is 2.30. The van der Waals surface area contributed by atoms with Crippen molar-refractivity contribution in [2.75, 3.05) is 31.6 Å². The van der Waals surface area contributed by atoms with Crippen LogP contribution in [0.5, 0.6) is 0 Å². The minimum absolute atomic E-state index is 0.0773. The number of hydrogen-bond acceptors (Lipinski definition) is 4. The van der Waals surface area contributed by atoms with Crippen LogP contribution in [-0.4, -0.2) is 38.1 Å². The SMILES string of the molecule is CCCNC(=O)c1ccc(NC(=O)C2(CN)CCOCC2)cc1. The number of hydrogen-bond donors (Lipinski definition) is 3. The number of amides is 2. The molecule has 0 radical (unpaired) electrons. The van der Waals surface area contributed by atoms with Crippen molar-refractivity contribution < 1.29 is 14.3 Å². The summed E-state index contributed by atoms with van der Waals surface area (Å²) in [4.78, 5) is 24.4. The summed E-state index contributed by atoms with van der Waals surface area (Å²) in [5.41, 5.74) is 6.52. The lowest BCUT2D eigenvalue weighted by molar-refractivity contribution is -0.130. The molecule has 0 saturated carbocycles. The van der Waals surface area contributed by atoms with Gasteiger partial charge in [-0.15, -0.1) is 0 Å². The number of benzene rings is 1. The van der Waals surface area contributed by atoms with Gasteiger partial charge in [0.1, 0.15) is 0 Å². The number of nitrogens with one attached hydrogen (secondary N) is 2. The second-order valence-corrected chi connectivity index (χ2v) is 5.88. The molecule has 1 aliphatic heterocycles. The van der Waals surface area contributed by atoms with Crippen molar-refractivity contribution in [3.8, 4) is 0 Å². The van der Waals surface area contributed by atoms with Crippen molar-refractivity contribution in [1.82, 2.24) is 5.32 Å². The van der Waals surface area contributed by atoms with Crippen molar-refractivity contribution in [3.05, 3.63) is 29.8 Å². The fourth-order valence-corrected chi connectivity index (χ4v) is 2.60. The molecule has 0 aliphatic carbocycles. The number of ether oxygens (including phenoxy) is 1. The lowest BCUT2D eigenvalue weighted by Crippen LogP contribution is -2.46. The van der Waals surface area contributed by atoms with Gasteiger partial charge in [0.2, 0.25) is 5.91 Å². The molecule has 0 atom stereocenters. The summed E-state index contributed by atoms with van der Waals surface area (Å²) in [5, 5.41) is 5.73. The fraction of sp³-hybridized carbons (Fsp3) is 0.529. The highest BCUT2D eigenvalue weighted by Gasteiger charge is 2.38. The van der Waals surface area contributed by atoms with E-state index in [4.69, 9.17) is 10.5 Å². The second kappa shape index (κ2) is 8.08. The molecular formula is C17H25N3O3. The molecule has 1 fully saturated rings. The monoisotopic (exact) mass is 319 g/mol. The molecule has 1 saturated heterocycles. The quantitative estimate of drug-likeness (QED) is 0.741. The molecule has 1 heterocycles. The van der Waals surface area contributed by atoms with Crippen LogP contribution in [0.4, 0.5) is 5.69 Å². The van der Waals surface area contributed by atoms with Gasteiger partial charge in [-0.3, -0.25) is 9.59 Å². The Morgan fingerprint density at radius 1 is 1.22 bits per heavy atom. The third-order valence-electron chi connectivity index (χ3n) is 4.26. The van der Waals surface area contributed by atoms with Crippen LogP contribution in [0.1, 0.15) is 36.5 Å². The van der Waals surface area contributed by atoms with Crippen LogP contribution >= 0.6 is 0 Å². The average molecular weight is 319 g/mol. The molecule has 0 aromatic heterocycles. The van der Waals surface area contributed by atoms with Crippen LogP contribution in [0.3, 0.4) is 0 Å². The zero-order valence-corrected chi connectivity index (χ0v) is 13.6. The van der Waals surface area contributed by atoms with Gasteiger partial charge >= 0.3 is 0 Å². The number of rotatable bonds is 6. The largest absolute Gasteiger partial charge is 0.381 e. The molecule has 1 aromatic rings. The maximum Gasteiger partial charge on any atom is 0.251 e. The third-order valence-corrected chi connectivity index (χ3v) is 4.26. The van der Waals surface area contributed by atoms with Gasteiger partial charge in [0, 0.05) is 37.6 Å². The van der Waals surface area contributed by atoms with E-state index in [9.17, 15) is 9.59 Å². The van der Waals surface area contributed by atoms with Crippen LogP contribution in [0.15, 0.2) is 24.3 Å². The normalized spacial score (nSPS) is 16.6. The van der Waals surface area contributed by atoms with Gasteiger partial charge in [-0.05, 0) is 43.5 Å². The first-order chi connectivity index (χ1) is 11.1. The Labute approximate surface area is 136 Å². The molecule has 1 aromatic carbocycles. The van der Waals surface area contributed by atoms with Gasteiger partial charge in [0.05, 0.1) is 5.41 Å². The van der Waals surface area contributed by atoms with Crippen molar-refractivity contribution in [2.24, 2.45) is 11.1 Å². The number of carbonyl (C=O) groups is 2. The van der Waals surface area contributed by atoms with E-state index >= 15 is 0 Å². The van der Waals surface area contributed by atoms with E-state index < -0.39 is 5.41 Å². The van der Waals surface area contributed by atoms with E-state index in [0.29, 0.717) is 50.4 Å². The van der Waals surface area contributed by atoms with Crippen LogP contribution in [0.2, 0.25) is 0 Å². The molecule has 6 nitrogen and oxygen atoms in total. The lowest BCUT2D eigenvalue weighted by Gasteiger charge is -2.34. The van der Waals surface area contributed by atoms with Crippen LogP contribution in [-0.2, 0) is 9.53 Å². The van der Waals surface area contributed by atoms with Gasteiger partial charge in [0.15, 0.2) is 0 Å². The predicted octanol–water partition coefficient (Wildman–Crippen LogP) is 1.52. The molecule has 23 heavy (non-hydrogen) atoms. The first-order valence-corrected chi connectivity index (χ1v) is 8.09. The van der Waals surface area contributed by atoms with Crippen molar-refractivity contribution in [1.29, 1.82) is 0 Å². The van der Waals surface area contributed by atoms with E-state index in [2.05, 4.69) is 10.6 Å². The minimum atomic E-state index is -0.560. The van der Waals surface area contributed by atoms with Gasteiger partial charge in [-0.1, -0.05) is 6.92 Å². The summed E-state index contributed by atoms with van der Waals surface area (Å²) in [6.45, 7) is 4.07. The summed E-state index contributed by atoms with van der Waals surface area (Å²) in [6, 6.07) is 6.89. The van der Waals surface area contributed by atoms with Crippen LogP contribution in [0.25, 0.3) is 0 Å². The molecule has 2 amide bonds. The highest BCUT2D eigenvalue weighted by molar-refractivity contribution is 5.97. The van der Waals surface area contributed by atoms with E-state index in [1.165, 1.54) is 0 Å². The number of nitrogens with two attached hydrogens (primary N) is 1. The molecule has 0 unspecified atom stereocenters. The summed E-state index contributed by atoms with van der Waals surface area (Å²) in [5.74, 6) is -0.181. The van der Waals surface area contributed by atoms with Crippen LogP contribution < -0.4 is 16.4 Å². The fourth-order valence-electron chi connectivity index (χ4n) is 2.60. The summed E-state index contributed by atoms with van der Waals surface area (Å²) in [7, 11) is 0. The van der Waals surface area contributed by atoms with Gasteiger partial charge < -0.3 is 21.1 Å². The molecule has 6 heteroatoms. The van der Waals surface area contributed by atoms with E-state index in [0.717, 1.165) is 6.42 Å². The topological polar surface area (TPSA) is 93.5 Å². The number of carbonyl (C=O) groups excluding carboxylic acids is 2. The molecule has 126 valence electrons. The summed E-state index contributed by atoms with van der Waals surface area (Å²) in [6.07, 6.45) is 2.16. The molecular weight excluding hydrogens is 294 g/mol. The van der Waals surface area contributed by atoms with E-state index in [1.54, 1.807) is 24.3 Å². The molecule has 4 N–H and O–H groups in total. The zero-order chi connectivity index (χ0) is 16.7. The standard InChI is InChI=1S/C17H25N3O3/c1-2-9-19-15(21)13-3-5-14(6-4-13)20-16(22)17(12-18)7-10-23-11-8-17/h3-6H,2,7-12,18H2,1H3,(H,19,21)(H,20,22). The first-order valence-electron chi connectivity index (χ1n) is 8.09. The molecule has 1 aliphatic rings. The van der Waals surface area contributed by atoms with Gasteiger partial charge in [0.25, 0.3) is 5.91 Å². The number of anilines is 1. The lowest BCUT2D eigenvalue weighted by atomic mass is 9.79. The Kier molecular flexibility index (Phi) is 6.12. The van der Waals surface area contributed by atoms with E-state index in [-0.39, 0.29) is 11.8 Å². The minimum Gasteiger partial charge on any atom is -0.381 e. The van der Waals surface area contributed by atoms with Crippen molar-refractivity contribution >= 4 is 17.5 Å². The Bertz CT molecular complexity index is 537. The highest BCUT2D eigenvalue weighted by atomic mass is 16.5.